The van der Waals surface area contributed by atoms with Gasteiger partial charge in [0.15, 0.2) is 0 Å². The highest BCUT2D eigenvalue weighted by atomic mass is 16.6. The fourth-order valence-electron chi connectivity index (χ4n) is 3.76. The molecule has 0 aliphatic rings. The molecule has 1 aromatic heterocycles. The maximum atomic E-state index is 13.4. The molecule has 2 aromatic carbocycles. The number of urea groups is 1. The molecule has 10 heteroatoms. The zero-order valence-corrected chi connectivity index (χ0v) is 23.2. The number of para-hydroxylation sites is 1. The number of benzene rings is 2. The Morgan fingerprint density at radius 2 is 1.51 bits per heavy atom. The van der Waals surface area contributed by atoms with Gasteiger partial charge in [-0.1, -0.05) is 42.5 Å². The van der Waals surface area contributed by atoms with Crippen molar-refractivity contribution in [1.29, 1.82) is 0 Å². The number of amides is 2. The number of fused-ring (bicyclic) bond motifs is 1. The molecule has 1 atom stereocenters. The molecule has 0 radical (unpaired) electrons. The first kappa shape index (κ1) is 29.3. The molecule has 2 amide bonds. The fourth-order valence-corrected chi connectivity index (χ4v) is 3.76. The van der Waals surface area contributed by atoms with Crippen molar-refractivity contribution in [2.75, 3.05) is 5.43 Å². The van der Waals surface area contributed by atoms with E-state index in [2.05, 4.69) is 15.7 Å². The number of aromatic nitrogens is 2. The molecule has 0 spiro atoms. The van der Waals surface area contributed by atoms with Crippen molar-refractivity contribution in [3.63, 3.8) is 0 Å². The van der Waals surface area contributed by atoms with Gasteiger partial charge in [0, 0.05) is 12.8 Å². The normalized spacial score (nSPS) is 12.5. The number of ether oxygens (including phenoxy) is 2. The van der Waals surface area contributed by atoms with Crippen molar-refractivity contribution in [3.05, 3.63) is 76.3 Å². The third kappa shape index (κ3) is 8.94. The molecule has 208 valence electrons. The fraction of sp³-hybridized carbons (Fsp3) is 0.414. The smallest absolute Gasteiger partial charge is 0.334 e. The summed E-state index contributed by atoms with van der Waals surface area (Å²) in [6.45, 7) is 10.3. The van der Waals surface area contributed by atoms with E-state index in [0.717, 1.165) is 10.2 Å². The van der Waals surface area contributed by atoms with Gasteiger partial charge in [0.2, 0.25) is 0 Å². The number of hydrogen-bond acceptors (Lipinski definition) is 7. The monoisotopic (exact) mass is 536 g/mol. The maximum Gasteiger partial charge on any atom is 0.334 e. The van der Waals surface area contributed by atoms with E-state index in [1.807, 2.05) is 30.3 Å². The Kier molecular flexibility index (Phi) is 9.11. The molecular weight excluding hydrogens is 500 g/mol. The van der Waals surface area contributed by atoms with Gasteiger partial charge in [0.05, 0.1) is 10.9 Å². The van der Waals surface area contributed by atoms with Crippen molar-refractivity contribution in [1.82, 2.24) is 15.0 Å². The number of nitrogens with one attached hydrogen (secondary N) is 2. The van der Waals surface area contributed by atoms with Crippen molar-refractivity contribution in [3.8, 4) is 0 Å². The van der Waals surface area contributed by atoms with Crippen LogP contribution < -0.4 is 16.3 Å². The molecule has 0 saturated carbocycles. The molecule has 0 aliphatic carbocycles. The Labute approximate surface area is 227 Å². The van der Waals surface area contributed by atoms with E-state index in [9.17, 15) is 19.2 Å². The number of rotatable bonds is 8. The first-order chi connectivity index (χ1) is 18.2. The molecule has 2 N–H and O–H groups in total. The number of hydrogen-bond donors (Lipinski definition) is 2. The van der Waals surface area contributed by atoms with Crippen molar-refractivity contribution in [2.45, 2.75) is 78.0 Å². The summed E-state index contributed by atoms with van der Waals surface area (Å²) in [6.07, 6.45) is 0.0898. The second-order valence-corrected chi connectivity index (χ2v) is 11.1. The van der Waals surface area contributed by atoms with E-state index in [1.165, 1.54) is 0 Å². The maximum absolute atomic E-state index is 13.4. The van der Waals surface area contributed by atoms with Crippen molar-refractivity contribution >= 4 is 28.9 Å². The topological polar surface area (TPSA) is 129 Å². The Morgan fingerprint density at radius 3 is 2.15 bits per heavy atom. The lowest BCUT2D eigenvalue weighted by Crippen LogP contribution is -2.49. The third-order valence-electron chi connectivity index (χ3n) is 5.32. The molecule has 0 saturated heterocycles. The van der Waals surface area contributed by atoms with Gasteiger partial charge in [-0.05, 0) is 65.7 Å². The van der Waals surface area contributed by atoms with E-state index >= 15 is 0 Å². The first-order valence-electron chi connectivity index (χ1n) is 12.8. The lowest BCUT2D eigenvalue weighted by Gasteiger charge is -2.25. The molecule has 0 aliphatic heterocycles. The highest BCUT2D eigenvalue weighted by Crippen LogP contribution is 2.14. The van der Waals surface area contributed by atoms with Crippen LogP contribution in [0.15, 0.2) is 59.4 Å². The third-order valence-corrected chi connectivity index (χ3v) is 5.32. The summed E-state index contributed by atoms with van der Waals surface area (Å²) < 4.78 is 11.9. The standard InChI is InChI=1S/C29H36N4O6/c1-28(2,3)38-24(34)17-16-22(26(36)39-29(4,5)6)31-27(37)32-33-23(18-19-12-8-7-9-13-19)30-21-15-11-10-14-20(21)25(33)35/h7-15,22H,16-18H2,1-6H3,(H2,31,32,37). The Hall–Kier alpha value is -4.21. The van der Waals surface area contributed by atoms with Crippen LogP contribution in [0.1, 0.15) is 65.8 Å². The number of nitrogens with zero attached hydrogens (tertiary/aromatic N) is 2. The molecule has 0 bridgehead atoms. The number of esters is 2. The lowest BCUT2D eigenvalue weighted by atomic mass is 10.1. The van der Waals surface area contributed by atoms with Crippen molar-refractivity contribution < 1.29 is 23.9 Å². The Balaban J connectivity index is 1.87. The minimum absolute atomic E-state index is 0.0566. The van der Waals surface area contributed by atoms with Crippen LogP contribution >= 0.6 is 0 Å². The van der Waals surface area contributed by atoms with Gasteiger partial charge in [-0.15, -0.1) is 0 Å². The molecule has 1 heterocycles. The predicted octanol–water partition coefficient (Wildman–Crippen LogP) is 4.07. The van der Waals surface area contributed by atoms with Gasteiger partial charge < -0.3 is 14.8 Å². The molecule has 39 heavy (non-hydrogen) atoms. The summed E-state index contributed by atoms with van der Waals surface area (Å²) in [5.41, 5.74) is 1.94. The average Bonchev–Trinajstić information content (AvgIpc) is 2.82. The summed E-state index contributed by atoms with van der Waals surface area (Å²) in [6, 6.07) is 14.2. The largest absolute Gasteiger partial charge is 0.460 e. The minimum atomic E-state index is -1.17. The Bertz CT molecular complexity index is 1390. The summed E-state index contributed by atoms with van der Waals surface area (Å²) in [5.74, 6) is -0.921. The number of carbonyl (C=O) groups is 3. The molecule has 3 aromatic rings. The minimum Gasteiger partial charge on any atom is -0.460 e. The second kappa shape index (κ2) is 12.1. The molecule has 10 nitrogen and oxygen atoms in total. The zero-order chi connectivity index (χ0) is 28.8. The van der Waals surface area contributed by atoms with Crippen molar-refractivity contribution in [2.24, 2.45) is 0 Å². The molecule has 1 unspecified atom stereocenters. The first-order valence-corrected chi connectivity index (χ1v) is 12.8. The summed E-state index contributed by atoms with van der Waals surface area (Å²) in [4.78, 5) is 56.3. The van der Waals surface area contributed by atoms with Crippen LogP contribution in [0.3, 0.4) is 0 Å². The van der Waals surface area contributed by atoms with Gasteiger partial charge in [0.25, 0.3) is 5.56 Å². The zero-order valence-electron chi connectivity index (χ0n) is 23.2. The van der Waals surface area contributed by atoms with E-state index in [-0.39, 0.29) is 19.3 Å². The van der Waals surface area contributed by atoms with E-state index in [0.29, 0.717) is 16.7 Å². The van der Waals surface area contributed by atoms with E-state index in [1.54, 1.807) is 65.8 Å². The van der Waals surface area contributed by atoms with Crippen LogP contribution in [0, 0.1) is 0 Å². The summed E-state index contributed by atoms with van der Waals surface area (Å²) >= 11 is 0. The summed E-state index contributed by atoms with van der Waals surface area (Å²) in [5, 5.41) is 2.87. The predicted molar refractivity (Wildman–Crippen MR) is 148 cm³/mol. The van der Waals surface area contributed by atoms with Gasteiger partial charge in [-0.25, -0.2) is 24.7 Å². The number of carbonyl (C=O) groups excluding carboxylic acids is 3. The average molecular weight is 537 g/mol. The Morgan fingerprint density at radius 1 is 0.897 bits per heavy atom. The molecule has 3 rings (SSSR count). The van der Waals surface area contributed by atoms with E-state index < -0.39 is 40.8 Å². The highest BCUT2D eigenvalue weighted by Gasteiger charge is 2.29. The second-order valence-electron chi connectivity index (χ2n) is 11.1. The van der Waals surface area contributed by atoms with E-state index in [4.69, 9.17) is 9.47 Å². The van der Waals surface area contributed by atoms with Gasteiger partial charge in [-0.3, -0.25) is 9.59 Å². The quantitative estimate of drug-likeness (QED) is 0.415. The molecule has 0 fully saturated rings. The van der Waals surface area contributed by atoms with Crippen LogP contribution in [0.2, 0.25) is 0 Å². The van der Waals surface area contributed by atoms with Crippen LogP contribution in [0.4, 0.5) is 4.79 Å². The van der Waals surface area contributed by atoms with Crippen LogP contribution in [-0.2, 0) is 25.5 Å². The van der Waals surface area contributed by atoms with Crippen LogP contribution in [-0.4, -0.2) is 44.9 Å². The van der Waals surface area contributed by atoms with Gasteiger partial charge in [0.1, 0.15) is 23.1 Å². The lowest BCUT2D eigenvalue weighted by molar-refractivity contribution is -0.158. The SMILES string of the molecule is CC(C)(C)OC(=O)CCC(NC(=O)Nn1c(Cc2ccccc2)nc2ccccc2c1=O)C(=O)OC(C)(C)C. The van der Waals surface area contributed by atoms with Crippen LogP contribution in [0.5, 0.6) is 0 Å². The highest BCUT2D eigenvalue weighted by molar-refractivity contribution is 5.88. The molecular formula is C29H36N4O6. The van der Waals surface area contributed by atoms with Crippen LogP contribution in [0.25, 0.3) is 10.9 Å². The van der Waals surface area contributed by atoms with Gasteiger partial charge in [-0.2, -0.15) is 0 Å². The summed E-state index contributed by atoms with van der Waals surface area (Å²) in [7, 11) is 0. The van der Waals surface area contributed by atoms with Gasteiger partial charge >= 0.3 is 18.0 Å².